The molecule has 3 heteroatoms. The van der Waals surface area contributed by atoms with Gasteiger partial charge in [0.05, 0.1) is 6.04 Å². The van der Waals surface area contributed by atoms with E-state index in [9.17, 15) is 4.79 Å². The van der Waals surface area contributed by atoms with Crippen molar-refractivity contribution in [1.82, 2.24) is 10.6 Å². The minimum Gasteiger partial charge on any atom is -0.352 e. The highest BCUT2D eigenvalue weighted by Gasteiger charge is 2.12. The largest absolute Gasteiger partial charge is 0.352 e. The summed E-state index contributed by atoms with van der Waals surface area (Å²) in [5.74, 6) is 0.0630. The van der Waals surface area contributed by atoms with Crippen LogP contribution in [0.15, 0.2) is 30.3 Å². The van der Waals surface area contributed by atoms with Gasteiger partial charge in [0.2, 0.25) is 5.91 Å². The van der Waals surface area contributed by atoms with E-state index in [1.54, 1.807) is 7.05 Å². The standard InChI is InChI=1S/C14H22N2O/c1-11(16-14(17)12(2)15-3)9-10-13-7-5-4-6-8-13/h4-8,11-12,15H,9-10H2,1-3H3,(H,16,17)/t11-,12+/m1/s1. The molecule has 3 nitrogen and oxygen atoms in total. The highest BCUT2D eigenvalue weighted by molar-refractivity contribution is 5.81. The van der Waals surface area contributed by atoms with Crippen LogP contribution < -0.4 is 10.6 Å². The second-order valence-corrected chi connectivity index (χ2v) is 4.44. The molecular weight excluding hydrogens is 212 g/mol. The molecule has 2 atom stereocenters. The molecular formula is C14H22N2O. The molecule has 1 aromatic rings. The summed E-state index contributed by atoms with van der Waals surface area (Å²) in [6, 6.07) is 10.4. The van der Waals surface area contributed by atoms with E-state index in [1.807, 2.05) is 32.0 Å². The predicted molar refractivity (Wildman–Crippen MR) is 70.9 cm³/mol. The van der Waals surface area contributed by atoms with Crippen LogP contribution in [0.5, 0.6) is 0 Å². The smallest absolute Gasteiger partial charge is 0.237 e. The quantitative estimate of drug-likeness (QED) is 0.787. The number of carbonyl (C=O) groups is 1. The lowest BCUT2D eigenvalue weighted by Gasteiger charge is -2.17. The molecule has 0 unspecified atom stereocenters. The molecule has 0 radical (unpaired) electrons. The lowest BCUT2D eigenvalue weighted by Crippen LogP contribution is -2.44. The molecule has 0 aliphatic rings. The molecule has 0 saturated carbocycles. The van der Waals surface area contributed by atoms with Crippen molar-refractivity contribution in [2.75, 3.05) is 7.05 Å². The number of rotatable bonds is 6. The number of carbonyl (C=O) groups excluding carboxylic acids is 1. The SMILES string of the molecule is CN[C@@H](C)C(=O)N[C@H](C)CCc1ccccc1. The van der Waals surface area contributed by atoms with Gasteiger partial charge in [0.15, 0.2) is 0 Å². The number of likely N-dealkylation sites (N-methyl/N-ethyl adjacent to an activating group) is 1. The van der Waals surface area contributed by atoms with Crippen LogP contribution in [0, 0.1) is 0 Å². The zero-order valence-corrected chi connectivity index (χ0v) is 10.9. The molecule has 0 bridgehead atoms. The summed E-state index contributed by atoms with van der Waals surface area (Å²) in [6.45, 7) is 3.91. The van der Waals surface area contributed by atoms with Gasteiger partial charge in [-0.1, -0.05) is 30.3 Å². The van der Waals surface area contributed by atoms with Gasteiger partial charge in [-0.15, -0.1) is 0 Å². The molecule has 0 heterocycles. The number of amides is 1. The van der Waals surface area contributed by atoms with Crippen molar-refractivity contribution in [2.24, 2.45) is 0 Å². The Bertz CT molecular complexity index is 337. The zero-order chi connectivity index (χ0) is 12.7. The molecule has 0 aliphatic heterocycles. The topological polar surface area (TPSA) is 41.1 Å². The second kappa shape index (κ2) is 7.07. The first-order valence-electron chi connectivity index (χ1n) is 6.15. The Labute approximate surface area is 104 Å². The van der Waals surface area contributed by atoms with E-state index in [-0.39, 0.29) is 18.0 Å². The normalized spacial score (nSPS) is 14.1. The molecule has 17 heavy (non-hydrogen) atoms. The molecule has 0 saturated heterocycles. The second-order valence-electron chi connectivity index (χ2n) is 4.44. The van der Waals surface area contributed by atoms with Crippen LogP contribution in [0.2, 0.25) is 0 Å². The van der Waals surface area contributed by atoms with Gasteiger partial charge >= 0.3 is 0 Å². The van der Waals surface area contributed by atoms with Crippen LogP contribution in [0.25, 0.3) is 0 Å². The average Bonchev–Trinajstić information content (AvgIpc) is 2.36. The van der Waals surface area contributed by atoms with E-state index in [0.29, 0.717) is 0 Å². The predicted octanol–water partition coefficient (Wildman–Crippen LogP) is 1.73. The minimum atomic E-state index is -0.130. The van der Waals surface area contributed by atoms with Crippen molar-refractivity contribution in [3.05, 3.63) is 35.9 Å². The van der Waals surface area contributed by atoms with Crippen molar-refractivity contribution in [3.63, 3.8) is 0 Å². The van der Waals surface area contributed by atoms with E-state index in [1.165, 1.54) is 5.56 Å². The lowest BCUT2D eigenvalue weighted by atomic mass is 10.1. The number of nitrogens with one attached hydrogen (secondary N) is 2. The first-order valence-corrected chi connectivity index (χ1v) is 6.15. The molecule has 1 amide bonds. The van der Waals surface area contributed by atoms with Crippen molar-refractivity contribution in [2.45, 2.75) is 38.8 Å². The third-order valence-electron chi connectivity index (χ3n) is 2.92. The van der Waals surface area contributed by atoms with Gasteiger partial charge in [0.1, 0.15) is 0 Å². The van der Waals surface area contributed by atoms with Crippen LogP contribution in [0.1, 0.15) is 25.8 Å². The fourth-order valence-electron chi connectivity index (χ4n) is 1.60. The summed E-state index contributed by atoms with van der Waals surface area (Å²) in [6.07, 6.45) is 1.96. The number of hydrogen-bond acceptors (Lipinski definition) is 2. The van der Waals surface area contributed by atoms with Gasteiger partial charge in [0, 0.05) is 6.04 Å². The number of hydrogen-bond donors (Lipinski definition) is 2. The maximum atomic E-state index is 11.6. The van der Waals surface area contributed by atoms with E-state index in [2.05, 4.69) is 22.8 Å². The summed E-state index contributed by atoms with van der Waals surface area (Å²) in [7, 11) is 1.79. The Morgan fingerprint density at radius 1 is 1.24 bits per heavy atom. The Hall–Kier alpha value is -1.35. The molecule has 2 N–H and O–H groups in total. The van der Waals surface area contributed by atoms with Gasteiger partial charge in [-0.3, -0.25) is 4.79 Å². The Morgan fingerprint density at radius 3 is 2.47 bits per heavy atom. The summed E-state index contributed by atoms with van der Waals surface area (Å²) in [4.78, 5) is 11.6. The van der Waals surface area contributed by atoms with Crippen molar-refractivity contribution < 1.29 is 4.79 Å². The Kier molecular flexibility index (Phi) is 5.70. The average molecular weight is 234 g/mol. The molecule has 0 aromatic heterocycles. The fraction of sp³-hybridized carbons (Fsp3) is 0.500. The summed E-state index contributed by atoms with van der Waals surface area (Å²) in [5.41, 5.74) is 1.32. The third kappa shape index (κ3) is 5.00. The van der Waals surface area contributed by atoms with E-state index in [4.69, 9.17) is 0 Å². The van der Waals surface area contributed by atoms with Crippen LogP contribution in [-0.4, -0.2) is 25.0 Å². The minimum absolute atomic E-state index is 0.0630. The third-order valence-corrected chi connectivity index (χ3v) is 2.92. The molecule has 1 rings (SSSR count). The van der Waals surface area contributed by atoms with Gasteiger partial charge in [-0.05, 0) is 39.3 Å². The van der Waals surface area contributed by atoms with Crippen molar-refractivity contribution in [1.29, 1.82) is 0 Å². The lowest BCUT2D eigenvalue weighted by molar-refractivity contribution is -0.123. The molecule has 0 spiro atoms. The first-order chi connectivity index (χ1) is 8.13. The van der Waals surface area contributed by atoms with E-state index < -0.39 is 0 Å². The Morgan fingerprint density at radius 2 is 1.88 bits per heavy atom. The van der Waals surface area contributed by atoms with E-state index in [0.717, 1.165) is 12.8 Å². The van der Waals surface area contributed by atoms with Crippen LogP contribution in [0.4, 0.5) is 0 Å². The zero-order valence-electron chi connectivity index (χ0n) is 10.9. The van der Waals surface area contributed by atoms with Gasteiger partial charge in [-0.2, -0.15) is 0 Å². The highest BCUT2D eigenvalue weighted by atomic mass is 16.2. The molecule has 1 aromatic carbocycles. The maximum Gasteiger partial charge on any atom is 0.237 e. The van der Waals surface area contributed by atoms with Gasteiger partial charge in [-0.25, -0.2) is 0 Å². The highest BCUT2D eigenvalue weighted by Crippen LogP contribution is 2.04. The maximum absolute atomic E-state index is 11.6. The Balaban J connectivity index is 2.30. The number of aryl methyl sites for hydroxylation is 1. The molecule has 0 aliphatic carbocycles. The van der Waals surface area contributed by atoms with Crippen molar-refractivity contribution >= 4 is 5.91 Å². The van der Waals surface area contributed by atoms with Crippen LogP contribution in [0.3, 0.4) is 0 Å². The molecule has 0 fully saturated rings. The summed E-state index contributed by atoms with van der Waals surface area (Å²) in [5, 5.41) is 5.93. The van der Waals surface area contributed by atoms with Crippen LogP contribution in [-0.2, 0) is 11.2 Å². The van der Waals surface area contributed by atoms with Gasteiger partial charge < -0.3 is 10.6 Å². The van der Waals surface area contributed by atoms with Crippen LogP contribution >= 0.6 is 0 Å². The van der Waals surface area contributed by atoms with E-state index >= 15 is 0 Å². The van der Waals surface area contributed by atoms with Crippen molar-refractivity contribution in [3.8, 4) is 0 Å². The fourth-order valence-corrected chi connectivity index (χ4v) is 1.60. The summed E-state index contributed by atoms with van der Waals surface area (Å²) >= 11 is 0. The monoisotopic (exact) mass is 234 g/mol. The van der Waals surface area contributed by atoms with Gasteiger partial charge in [0.25, 0.3) is 0 Å². The molecule has 94 valence electrons. The first kappa shape index (κ1) is 13.7. The number of benzene rings is 1. The summed E-state index contributed by atoms with van der Waals surface area (Å²) < 4.78 is 0.